The van der Waals surface area contributed by atoms with Gasteiger partial charge in [-0.05, 0) is 42.9 Å². The maximum atomic E-state index is 11.9. The van der Waals surface area contributed by atoms with E-state index in [4.69, 9.17) is 5.73 Å². The van der Waals surface area contributed by atoms with E-state index in [0.717, 1.165) is 23.6 Å². The van der Waals surface area contributed by atoms with Crippen LogP contribution in [0.5, 0.6) is 0 Å². The molecule has 0 saturated carbocycles. The molecule has 1 heterocycles. The van der Waals surface area contributed by atoms with Gasteiger partial charge in [-0.25, -0.2) is 4.98 Å². The highest BCUT2D eigenvalue weighted by atomic mass is 35.5. The third kappa shape index (κ3) is 7.59. The van der Waals surface area contributed by atoms with Crippen LogP contribution in [-0.2, 0) is 0 Å². The number of carbonyl (C=O) groups is 1. The van der Waals surface area contributed by atoms with Crippen molar-refractivity contribution in [3.05, 3.63) is 54.2 Å². The smallest absolute Gasteiger partial charge is 0.253 e. The second kappa shape index (κ2) is 12.0. The molecule has 1 aromatic carbocycles. The van der Waals surface area contributed by atoms with E-state index in [1.165, 1.54) is 0 Å². The minimum absolute atomic E-state index is 0. The summed E-state index contributed by atoms with van der Waals surface area (Å²) in [5.41, 5.74) is 6.82. The Hall–Kier alpha value is -1.43. The second-order valence-corrected chi connectivity index (χ2v) is 5.68. The highest BCUT2D eigenvalue weighted by Gasteiger charge is 2.07. The zero-order chi connectivity index (χ0) is 14.9. The monoisotopic (exact) mass is 373 g/mol. The van der Waals surface area contributed by atoms with Crippen LogP contribution in [0.2, 0.25) is 0 Å². The minimum atomic E-state index is -0.106. The van der Waals surface area contributed by atoms with Gasteiger partial charge in [0, 0.05) is 18.4 Å². The van der Waals surface area contributed by atoms with Crippen LogP contribution in [-0.4, -0.2) is 23.2 Å². The summed E-state index contributed by atoms with van der Waals surface area (Å²) < 4.78 is 0. The molecule has 1 amide bonds. The van der Waals surface area contributed by atoms with Gasteiger partial charge in [0.05, 0.1) is 10.6 Å². The van der Waals surface area contributed by atoms with E-state index in [-0.39, 0.29) is 30.7 Å². The SMILES string of the molecule is Cl.Cl.Nc1ccccc1C(=O)NCCCCSc1ccccn1. The zero-order valence-electron chi connectivity index (χ0n) is 12.6. The average molecular weight is 374 g/mol. The predicted molar refractivity (Wildman–Crippen MR) is 102 cm³/mol. The quantitative estimate of drug-likeness (QED) is 0.439. The van der Waals surface area contributed by atoms with Crippen molar-refractivity contribution in [1.82, 2.24) is 10.3 Å². The highest BCUT2D eigenvalue weighted by Crippen LogP contribution is 2.15. The molecule has 7 heteroatoms. The molecule has 0 fully saturated rings. The van der Waals surface area contributed by atoms with Crippen LogP contribution < -0.4 is 11.1 Å². The lowest BCUT2D eigenvalue weighted by Gasteiger charge is -2.07. The normalized spacial score (nSPS) is 9.39. The maximum Gasteiger partial charge on any atom is 0.253 e. The largest absolute Gasteiger partial charge is 0.398 e. The summed E-state index contributed by atoms with van der Waals surface area (Å²) in [6.45, 7) is 0.663. The first kappa shape index (κ1) is 21.6. The Morgan fingerprint density at radius 3 is 2.52 bits per heavy atom. The van der Waals surface area contributed by atoms with Gasteiger partial charge in [-0.3, -0.25) is 4.79 Å². The van der Waals surface area contributed by atoms with Crippen LogP contribution in [0.1, 0.15) is 23.2 Å². The van der Waals surface area contributed by atoms with Gasteiger partial charge in [-0.15, -0.1) is 36.6 Å². The highest BCUT2D eigenvalue weighted by molar-refractivity contribution is 7.99. The number of nitrogen functional groups attached to an aromatic ring is 1. The predicted octanol–water partition coefficient (Wildman–Crippen LogP) is 3.81. The van der Waals surface area contributed by atoms with Crippen molar-refractivity contribution >= 4 is 48.2 Å². The minimum Gasteiger partial charge on any atom is -0.398 e. The Bertz CT molecular complexity index is 585. The van der Waals surface area contributed by atoms with Gasteiger partial charge in [0.2, 0.25) is 0 Å². The first-order chi connectivity index (χ1) is 10.3. The molecule has 3 N–H and O–H groups in total. The lowest BCUT2D eigenvalue weighted by atomic mass is 10.1. The summed E-state index contributed by atoms with van der Waals surface area (Å²) in [5.74, 6) is 0.894. The molecule has 0 saturated heterocycles. The fourth-order valence-corrected chi connectivity index (χ4v) is 2.70. The van der Waals surface area contributed by atoms with Crippen molar-refractivity contribution in [2.45, 2.75) is 17.9 Å². The standard InChI is InChI=1S/C16H19N3OS.2ClH/c17-14-8-2-1-7-13(14)16(20)19-11-5-6-12-21-15-9-3-4-10-18-15;;/h1-4,7-10H,5-6,11-12,17H2,(H,19,20);2*1H. The van der Waals surface area contributed by atoms with Gasteiger partial charge in [-0.2, -0.15) is 0 Å². The molecular weight excluding hydrogens is 353 g/mol. The molecule has 1 aromatic heterocycles. The van der Waals surface area contributed by atoms with E-state index in [1.54, 1.807) is 30.1 Å². The summed E-state index contributed by atoms with van der Waals surface area (Å²) in [6.07, 6.45) is 3.77. The Morgan fingerprint density at radius 1 is 1.09 bits per heavy atom. The second-order valence-electron chi connectivity index (χ2n) is 4.57. The number of nitrogens with zero attached hydrogens (tertiary/aromatic N) is 1. The van der Waals surface area contributed by atoms with Crippen molar-refractivity contribution < 1.29 is 4.79 Å². The van der Waals surface area contributed by atoms with Gasteiger partial charge in [0.15, 0.2) is 0 Å². The molecule has 0 bridgehead atoms. The number of anilines is 1. The molecule has 23 heavy (non-hydrogen) atoms. The molecule has 2 rings (SSSR count). The van der Waals surface area contributed by atoms with E-state index >= 15 is 0 Å². The molecule has 0 atom stereocenters. The third-order valence-electron chi connectivity index (χ3n) is 2.95. The molecule has 0 spiro atoms. The van der Waals surface area contributed by atoms with Gasteiger partial charge >= 0.3 is 0 Å². The fraction of sp³-hybridized carbons (Fsp3) is 0.250. The number of pyridine rings is 1. The van der Waals surface area contributed by atoms with E-state index in [1.807, 2.05) is 30.3 Å². The number of rotatable bonds is 7. The molecule has 126 valence electrons. The van der Waals surface area contributed by atoms with Crippen LogP contribution in [0.15, 0.2) is 53.7 Å². The summed E-state index contributed by atoms with van der Waals surface area (Å²) in [4.78, 5) is 16.2. The van der Waals surface area contributed by atoms with Crippen LogP contribution in [0, 0.1) is 0 Å². The summed E-state index contributed by atoms with van der Waals surface area (Å²) in [7, 11) is 0. The lowest BCUT2D eigenvalue weighted by Crippen LogP contribution is -2.25. The van der Waals surface area contributed by atoms with Gasteiger partial charge in [0.1, 0.15) is 0 Å². The Morgan fingerprint density at radius 2 is 1.83 bits per heavy atom. The van der Waals surface area contributed by atoms with Crippen molar-refractivity contribution in [3.63, 3.8) is 0 Å². The van der Waals surface area contributed by atoms with Crippen LogP contribution >= 0.6 is 36.6 Å². The summed E-state index contributed by atoms with van der Waals surface area (Å²) in [6, 6.07) is 13.0. The number of aromatic nitrogens is 1. The van der Waals surface area contributed by atoms with Crippen LogP contribution in [0.3, 0.4) is 0 Å². The number of hydrogen-bond donors (Lipinski definition) is 2. The Labute approximate surface area is 153 Å². The average Bonchev–Trinajstić information content (AvgIpc) is 2.52. The molecule has 4 nitrogen and oxygen atoms in total. The molecule has 0 aliphatic rings. The van der Waals surface area contributed by atoms with Crippen molar-refractivity contribution in [3.8, 4) is 0 Å². The molecular formula is C16H21Cl2N3OS. The first-order valence-corrected chi connectivity index (χ1v) is 7.92. The number of nitrogens with two attached hydrogens (primary N) is 1. The van der Waals surface area contributed by atoms with Crippen LogP contribution in [0.4, 0.5) is 5.69 Å². The van der Waals surface area contributed by atoms with E-state index in [9.17, 15) is 4.79 Å². The first-order valence-electron chi connectivity index (χ1n) is 6.94. The lowest BCUT2D eigenvalue weighted by molar-refractivity contribution is 0.0954. The Balaban J connectivity index is 0.00000242. The number of nitrogens with one attached hydrogen (secondary N) is 1. The number of para-hydroxylation sites is 1. The van der Waals surface area contributed by atoms with Crippen molar-refractivity contribution in [2.24, 2.45) is 0 Å². The maximum absolute atomic E-state index is 11.9. The van der Waals surface area contributed by atoms with E-state index in [0.29, 0.717) is 17.8 Å². The topological polar surface area (TPSA) is 68.0 Å². The van der Waals surface area contributed by atoms with Gasteiger partial charge < -0.3 is 11.1 Å². The zero-order valence-corrected chi connectivity index (χ0v) is 15.1. The number of carbonyl (C=O) groups excluding carboxylic acids is 1. The van der Waals surface area contributed by atoms with Crippen molar-refractivity contribution in [2.75, 3.05) is 18.0 Å². The van der Waals surface area contributed by atoms with E-state index in [2.05, 4.69) is 10.3 Å². The molecule has 0 aliphatic carbocycles. The number of halogens is 2. The number of benzene rings is 1. The molecule has 0 aliphatic heterocycles. The van der Waals surface area contributed by atoms with Crippen molar-refractivity contribution in [1.29, 1.82) is 0 Å². The summed E-state index contributed by atoms with van der Waals surface area (Å²) in [5, 5.41) is 3.93. The number of thioether (sulfide) groups is 1. The summed E-state index contributed by atoms with van der Waals surface area (Å²) >= 11 is 1.73. The Kier molecular flexibility index (Phi) is 11.3. The number of unbranched alkanes of at least 4 members (excludes halogenated alkanes) is 1. The van der Waals surface area contributed by atoms with Gasteiger partial charge in [-0.1, -0.05) is 18.2 Å². The molecule has 0 unspecified atom stereocenters. The molecule has 0 radical (unpaired) electrons. The number of amides is 1. The third-order valence-corrected chi connectivity index (χ3v) is 3.98. The molecule has 2 aromatic rings. The number of hydrogen-bond acceptors (Lipinski definition) is 4. The van der Waals surface area contributed by atoms with Gasteiger partial charge in [0.25, 0.3) is 5.91 Å². The fourth-order valence-electron chi connectivity index (χ4n) is 1.84. The van der Waals surface area contributed by atoms with Crippen LogP contribution in [0.25, 0.3) is 0 Å². The van der Waals surface area contributed by atoms with E-state index < -0.39 is 0 Å².